The highest BCUT2D eigenvalue weighted by molar-refractivity contribution is 7.15. The van der Waals surface area contributed by atoms with Crippen molar-refractivity contribution in [1.82, 2.24) is 9.78 Å². The zero-order chi connectivity index (χ0) is 13.8. The van der Waals surface area contributed by atoms with E-state index in [1.165, 1.54) is 10.7 Å². The second-order valence-corrected chi connectivity index (χ2v) is 4.89. The van der Waals surface area contributed by atoms with Gasteiger partial charge in [0.25, 0.3) is 0 Å². The third-order valence-electron chi connectivity index (χ3n) is 2.25. The molecule has 9 heteroatoms. The van der Waals surface area contributed by atoms with Gasteiger partial charge in [0.1, 0.15) is 6.54 Å². The van der Waals surface area contributed by atoms with Gasteiger partial charge >= 0.3 is 5.00 Å². The summed E-state index contributed by atoms with van der Waals surface area (Å²) in [7, 11) is 0. The molecule has 0 fully saturated rings. The molecule has 2 heterocycles. The van der Waals surface area contributed by atoms with Gasteiger partial charge in [-0.05, 0) is 6.07 Å². The van der Waals surface area contributed by atoms with E-state index in [0.29, 0.717) is 6.54 Å². The maximum Gasteiger partial charge on any atom is 0.324 e. The molecule has 3 N–H and O–H groups in total. The summed E-state index contributed by atoms with van der Waals surface area (Å²) in [5.74, 6) is -0.469. The molecule has 0 atom stereocenters. The lowest BCUT2D eigenvalue weighted by Gasteiger charge is -1.99. The fourth-order valence-electron chi connectivity index (χ4n) is 1.45. The van der Waals surface area contributed by atoms with Crippen LogP contribution < -0.4 is 11.1 Å². The van der Waals surface area contributed by atoms with Crippen molar-refractivity contribution >= 4 is 27.9 Å². The highest BCUT2D eigenvalue weighted by Crippen LogP contribution is 2.24. The van der Waals surface area contributed by atoms with Gasteiger partial charge in [-0.25, -0.2) is 0 Å². The van der Waals surface area contributed by atoms with Gasteiger partial charge in [0.15, 0.2) is 0 Å². The van der Waals surface area contributed by atoms with E-state index in [2.05, 4.69) is 10.4 Å². The fraction of sp³-hybridized carbons (Fsp3) is 0.200. The lowest BCUT2D eigenvalue weighted by Crippen LogP contribution is -2.18. The first-order chi connectivity index (χ1) is 9.04. The highest BCUT2D eigenvalue weighted by Gasteiger charge is 2.09. The first-order valence-electron chi connectivity index (χ1n) is 5.32. The lowest BCUT2D eigenvalue weighted by molar-refractivity contribution is -0.380. The van der Waals surface area contributed by atoms with Gasteiger partial charge in [-0.1, -0.05) is 11.3 Å². The molecular weight excluding hydrogens is 270 g/mol. The monoisotopic (exact) mass is 281 g/mol. The minimum atomic E-state index is -0.469. The molecular formula is C10H11N5O3S. The highest BCUT2D eigenvalue weighted by atomic mass is 32.1. The van der Waals surface area contributed by atoms with Crippen LogP contribution in [0.1, 0.15) is 4.88 Å². The number of aromatic nitrogens is 2. The molecule has 0 aliphatic heterocycles. The average Bonchev–Trinajstić information content (AvgIpc) is 2.94. The number of anilines is 1. The minimum Gasteiger partial charge on any atom is -0.378 e. The first kappa shape index (κ1) is 13.0. The summed E-state index contributed by atoms with van der Waals surface area (Å²) in [6, 6.07) is 3.17. The number of nitro groups is 1. The normalized spacial score (nSPS) is 10.3. The van der Waals surface area contributed by atoms with Gasteiger partial charge < -0.3 is 11.1 Å². The topological polar surface area (TPSA) is 116 Å². The van der Waals surface area contributed by atoms with Crippen LogP contribution in [0.15, 0.2) is 24.5 Å². The summed E-state index contributed by atoms with van der Waals surface area (Å²) in [4.78, 5) is 21.7. The number of rotatable bonds is 6. The van der Waals surface area contributed by atoms with E-state index >= 15 is 0 Å². The smallest absolute Gasteiger partial charge is 0.324 e. The van der Waals surface area contributed by atoms with Crippen molar-refractivity contribution in [2.45, 2.75) is 13.1 Å². The molecule has 8 nitrogen and oxygen atoms in total. The number of carbonyl (C=O) groups is 1. The summed E-state index contributed by atoms with van der Waals surface area (Å²) in [6.45, 7) is 0.479. The van der Waals surface area contributed by atoms with Crippen molar-refractivity contribution in [1.29, 1.82) is 0 Å². The molecule has 1 amide bonds. The number of hydrogen-bond donors (Lipinski definition) is 2. The van der Waals surface area contributed by atoms with Crippen LogP contribution in [0.3, 0.4) is 0 Å². The summed E-state index contributed by atoms with van der Waals surface area (Å²) < 4.78 is 1.42. The van der Waals surface area contributed by atoms with Gasteiger partial charge in [0.2, 0.25) is 5.91 Å². The average molecular weight is 281 g/mol. The predicted molar refractivity (Wildman–Crippen MR) is 69.7 cm³/mol. The Morgan fingerprint density at radius 2 is 2.37 bits per heavy atom. The lowest BCUT2D eigenvalue weighted by atomic mass is 10.4. The van der Waals surface area contributed by atoms with Crippen LogP contribution in [0.2, 0.25) is 0 Å². The molecule has 0 saturated heterocycles. The van der Waals surface area contributed by atoms with E-state index in [1.807, 2.05) is 0 Å². The number of thiophene rings is 1. The van der Waals surface area contributed by atoms with E-state index < -0.39 is 10.8 Å². The molecule has 2 rings (SSSR count). The maximum absolute atomic E-state index is 10.7. The Labute approximate surface area is 112 Å². The molecule has 2 aromatic heterocycles. The van der Waals surface area contributed by atoms with Gasteiger partial charge in [-0.3, -0.25) is 19.6 Å². The quantitative estimate of drug-likeness (QED) is 0.604. The molecule has 0 aromatic carbocycles. The molecule has 0 unspecified atom stereocenters. The molecule has 0 aliphatic carbocycles. The molecule has 0 saturated carbocycles. The second-order valence-electron chi connectivity index (χ2n) is 3.74. The van der Waals surface area contributed by atoms with Gasteiger partial charge in [0.05, 0.1) is 16.8 Å². The summed E-state index contributed by atoms with van der Waals surface area (Å²) in [5.41, 5.74) is 5.77. The van der Waals surface area contributed by atoms with Gasteiger partial charge in [-0.15, -0.1) is 0 Å². The van der Waals surface area contributed by atoms with Gasteiger partial charge in [-0.2, -0.15) is 5.10 Å². The Balaban J connectivity index is 1.92. The Kier molecular flexibility index (Phi) is 3.76. The van der Waals surface area contributed by atoms with Crippen LogP contribution in [0, 0.1) is 10.1 Å². The number of amides is 1. The Morgan fingerprint density at radius 1 is 1.58 bits per heavy atom. The van der Waals surface area contributed by atoms with Crippen molar-refractivity contribution in [2.75, 3.05) is 5.32 Å². The van der Waals surface area contributed by atoms with E-state index in [4.69, 9.17) is 5.73 Å². The van der Waals surface area contributed by atoms with Crippen LogP contribution in [0.25, 0.3) is 0 Å². The standard InChI is InChI=1S/C10H11N5O3S/c11-9(16)6-14-5-7(3-13-14)12-4-8-1-2-10(19-8)15(17)18/h1-3,5,12H,4,6H2,(H2,11,16). The summed E-state index contributed by atoms with van der Waals surface area (Å²) in [5, 5.41) is 17.7. The number of carbonyl (C=O) groups excluding carboxylic acids is 1. The Bertz CT molecular complexity index is 606. The molecule has 0 aliphatic rings. The van der Waals surface area contributed by atoms with Crippen LogP contribution in [0.4, 0.5) is 10.7 Å². The summed E-state index contributed by atoms with van der Waals surface area (Å²) in [6.07, 6.45) is 3.21. The van der Waals surface area contributed by atoms with Crippen molar-refractivity contribution in [3.8, 4) is 0 Å². The molecule has 100 valence electrons. The van der Waals surface area contributed by atoms with Crippen LogP contribution in [-0.4, -0.2) is 20.6 Å². The van der Waals surface area contributed by atoms with Crippen LogP contribution in [0.5, 0.6) is 0 Å². The van der Waals surface area contributed by atoms with E-state index in [-0.39, 0.29) is 11.5 Å². The van der Waals surface area contributed by atoms with Crippen LogP contribution in [-0.2, 0) is 17.9 Å². The van der Waals surface area contributed by atoms with E-state index in [0.717, 1.165) is 21.9 Å². The van der Waals surface area contributed by atoms with Crippen molar-refractivity contribution in [3.05, 3.63) is 39.5 Å². The number of nitrogens with zero attached hydrogens (tertiary/aromatic N) is 3. The predicted octanol–water partition coefficient (Wildman–Crippen LogP) is 0.950. The third-order valence-corrected chi connectivity index (χ3v) is 3.28. The van der Waals surface area contributed by atoms with E-state index in [9.17, 15) is 14.9 Å². The molecule has 0 radical (unpaired) electrons. The van der Waals surface area contributed by atoms with Gasteiger partial charge in [0, 0.05) is 23.7 Å². The largest absolute Gasteiger partial charge is 0.378 e. The maximum atomic E-state index is 10.7. The summed E-state index contributed by atoms with van der Waals surface area (Å²) >= 11 is 1.11. The zero-order valence-electron chi connectivity index (χ0n) is 9.78. The number of hydrogen-bond acceptors (Lipinski definition) is 6. The second kappa shape index (κ2) is 5.48. The van der Waals surface area contributed by atoms with E-state index in [1.54, 1.807) is 18.5 Å². The Morgan fingerprint density at radius 3 is 3.00 bits per heavy atom. The molecule has 2 aromatic rings. The van der Waals surface area contributed by atoms with Crippen molar-refractivity contribution < 1.29 is 9.72 Å². The third kappa shape index (κ3) is 3.52. The molecule has 0 bridgehead atoms. The molecule has 0 spiro atoms. The van der Waals surface area contributed by atoms with Crippen molar-refractivity contribution in [3.63, 3.8) is 0 Å². The fourth-order valence-corrected chi connectivity index (χ4v) is 2.21. The van der Waals surface area contributed by atoms with Crippen LogP contribution >= 0.6 is 11.3 Å². The number of nitrogens with two attached hydrogens (primary N) is 1. The first-order valence-corrected chi connectivity index (χ1v) is 6.14. The number of nitrogens with one attached hydrogen (secondary N) is 1. The molecule has 19 heavy (non-hydrogen) atoms. The Hall–Kier alpha value is -2.42. The van der Waals surface area contributed by atoms with Crippen molar-refractivity contribution in [2.24, 2.45) is 5.73 Å². The zero-order valence-corrected chi connectivity index (χ0v) is 10.6. The number of primary amides is 1. The SMILES string of the molecule is NC(=O)Cn1cc(NCc2ccc([N+](=O)[O-])s2)cn1. The minimum absolute atomic E-state index is 0.0200.